The number of piperazine rings is 1. The highest BCUT2D eigenvalue weighted by atomic mass is 32.3. The number of ether oxygens (including phenoxy) is 2. The zero-order valence-electron chi connectivity index (χ0n) is 23.2. The molecule has 0 spiro atoms. The van der Waals surface area contributed by atoms with Crippen LogP contribution in [0.15, 0.2) is 47.9 Å². The summed E-state index contributed by atoms with van der Waals surface area (Å²) in [6, 6.07) is 7.64. The Morgan fingerprint density at radius 3 is 2.59 bits per heavy atom. The van der Waals surface area contributed by atoms with Gasteiger partial charge in [-0.05, 0) is 68.4 Å². The van der Waals surface area contributed by atoms with E-state index in [9.17, 15) is 18.4 Å². The van der Waals surface area contributed by atoms with Crippen LogP contribution in [0.4, 0.5) is 10.5 Å². The van der Waals surface area contributed by atoms with E-state index in [1.54, 1.807) is 27.0 Å². The highest BCUT2D eigenvalue weighted by molar-refractivity contribution is 7.94. The highest BCUT2D eigenvalue weighted by Gasteiger charge is 2.42. The maximum atomic E-state index is 13.6. The first-order valence-electron chi connectivity index (χ1n) is 13.2. The number of anilines is 1. The molecular formula is C27H40N5O6S+. The van der Waals surface area contributed by atoms with Gasteiger partial charge >= 0.3 is 22.2 Å². The van der Waals surface area contributed by atoms with E-state index < -0.39 is 22.3 Å². The zero-order chi connectivity index (χ0) is 28.6. The second kappa shape index (κ2) is 13.2. The van der Waals surface area contributed by atoms with Crippen LogP contribution in [0.1, 0.15) is 52.5 Å². The van der Waals surface area contributed by atoms with Crippen molar-refractivity contribution in [2.45, 2.75) is 59.0 Å². The SMILES string of the molecule is C=CCCCCOc1c(N2CCN([S+](=O)(O)NC(=O)OC(C)(C)C)CC2)cnn(-c2cccc(CC)c2)c1=O. The fourth-order valence-electron chi connectivity index (χ4n) is 4.10. The lowest BCUT2D eigenvalue weighted by Crippen LogP contribution is -2.56. The van der Waals surface area contributed by atoms with Gasteiger partial charge in [-0.1, -0.05) is 34.2 Å². The Bertz CT molecular complexity index is 1250. The van der Waals surface area contributed by atoms with E-state index in [0.717, 1.165) is 31.2 Å². The van der Waals surface area contributed by atoms with Crippen molar-refractivity contribution in [2.75, 3.05) is 37.7 Å². The summed E-state index contributed by atoms with van der Waals surface area (Å²) in [5, 5.41) is 4.43. The van der Waals surface area contributed by atoms with Gasteiger partial charge in [0.15, 0.2) is 0 Å². The lowest BCUT2D eigenvalue weighted by molar-refractivity contribution is 0.0562. The number of rotatable bonds is 11. The van der Waals surface area contributed by atoms with Crippen LogP contribution in [0.5, 0.6) is 5.75 Å². The normalized spacial score (nSPS) is 15.9. The van der Waals surface area contributed by atoms with E-state index in [1.165, 1.54) is 8.99 Å². The van der Waals surface area contributed by atoms with Gasteiger partial charge in [-0.25, -0.2) is 4.79 Å². The maximum absolute atomic E-state index is 13.6. The third-order valence-corrected chi connectivity index (χ3v) is 7.57. The van der Waals surface area contributed by atoms with Crippen LogP contribution in [-0.4, -0.2) is 63.1 Å². The molecule has 1 aromatic heterocycles. The Balaban J connectivity index is 1.80. The van der Waals surface area contributed by atoms with Gasteiger partial charge < -0.3 is 14.4 Å². The third-order valence-electron chi connectivity index (χ3n) is 6.07. The smallest absolute Gasteiger partial charge is 0.453 e. The predicted molar refractivity (Wildman–Crippen MR) is 153 cm³/mol. The molecule has 2 aromatic rings. The lowest BCUT2D eigenvalue weighted by Gasteiger charge is -2.33. The van der Waals surface area contributed by atoms with Crippen LogP contribution < -0.4 is 19.9 Å². The third kappa shape index (κ3) is 8.38. The van der Waals surface area contributed by atoms with Crippen LogP contribution in [0.25, 0.3) is 5.69 Å². The van der Waals surface area contributed by atoms with Crippen molar-refractivity contribution in [1.82, 2.24) is 18.8 Å². The number of carbonyl (C=O) groups is 1. The number of nitrogens with zero attached hydrogens (tertiary/aromatic N) is 4. The first-order valence-corrected chi connectivity index (χ1v) is 14.6. The van der Waals surface area contributed by atoms with Gasteiger partial charge in [0.25, 0.3) is 0 Å². The molecule has 214 valence electrons. The fraction of sp³-hybridized carbons (Fsp3) is 0.519. The molecule has 3 rings (SSSR count). The standard InChI is InChI=1S/C27H39N5O6S/c1-6-8-9-10-18-37-24-23(20-28-32(25(24)33)22-13-11-12-21(7-2)19-22)30-14-16-31(17-15-30)39(35,36)29-26(34)38-27(3,4)5/h6,11-13,19-20H,1,7-10,14-18H2,2-5H3,(H-,29,34,35,36)/p+1. The number of hydrogen-bond donors (Lipinski definition) is 2. The van der Waals surface area contributed by atoms with E-state index in [0.29, 0.717) is 31.1 Å². The summed E-state index contributed by atoms with van der Waals surface area (Å²) >= 11 is 0. The van der Waals surface area contributed by atoms with E-state index in [2.05, 4.69) is 16.4 Å². The molecular weight excluding hydrogens is 522 g/mol. The number of allylic oxidation sites excluding steroid dienone is 1. The van der Waals surface area contributed by atoms with E-state index in [-0.39, 0.29) is 24.4 Å². The van der Waals surface area contributed by atoms with Crippen LogP contribution in [0, 0.1) is 0 Å². The molecule has 0 saturated carbocycles. The quantitative estimate of drug-likeness (QED) is 0.239. The van der Waals surface area contributed by atoms with E-state index in [4.69, 9.17) is 9.47 Å². The van der Waals surface area contributed by atoms with Crippen molar-refractivity contribution in [1.29, 1.82) is 0 Å². The monoisotopic (exact) mass is 562 g/mol. The molecule has 1 saturated heterocycles. The highest BCUT2D eigenvalue weighted by Crippen LogP contribution is 2.27. The van der Waals surface area contributed by atoms with Crippen molar-refractivity contribution in [3.63, 3.8) is 0 Å². The summed E-state index contributed by atoms with van der Waals surface area (Å²) in [4.78, 5) is 27.6. The first kappa shape index (κ1) is 30.3. The molecule has 2 heterocycles. The topological polar surface area (TPSA) is 126 Å². The average molecular weight is 563 g/mol. The second-order valence-electron chi connectivity index (χ2n) is 10.2. The molecule has 1 fully saturated rings. The number of nitrogens with one attached hydrogen (secondary N) is 1. The van der Waals surface area contributed by atoms with Crippen molar-refractivity contribution in [3.05, 3.63) is 59.0 Å². The van der Waals surface area contributed by atoms with Crippen molar-refractivity contribution < 1.29 is 23.0 Å². The minimum absolute atomic E-state index is 0.158. The first-order chi connectivity index (χ1) is 18.4. The van der Waals surface area contributed by atoms with Gasteiger partial charge in [0, 0.05) is 13.1 Å². The Labute approximate surface area is 231 Å². The molecule has 1 aromatic carbocycles. The molecule has 1 amide bonds. The van der Waals surface area contributed by atoms with Crippen LogP contribution >= 0.6 is 0 Å². The van der Waals surface area contributed by atoms with Gasteiger partial charge in [-0.15, -0.1) is 11.1 Å². The van der Waals surface area contributed by atoms with Crippen molar-refractivity contribution in [2.24, 2.45) is 0 Å². The molecule has 1 unspecified atom stereocenters. The van der Waals surface area contributed by atoms with Crippen LogP contribution in [0.3, 0.4) is 0 Å². The number of aryl methyl sites for hydroxylation is 1. The van der Waals surface area contributed by atoms with Gasteiger partial charge in [0.05, 0.1) is 31.6 Å². The summed E-state index contributed by atoms with van der Waals surface area (Å²) in [6.45, 7) is 12.1. The van der Waals surface area contributed by atoms with Crippen molar-refractivity contribution >= 4 is 22.4 Å². The molecule has 1 aliphatic heterocycles. The number of hydrogen-bond acceptors (Lipinski definition) is 7. The Morgan fingerprint density at radius 1 is 1.23 bits per heavy atom. The number of amides is 1. The molecule has 0 aliphatic carbocycles. The average Bonchev–Trinajstić information content (AvgIpc) is 2.88. The van der Waals surface area contributed by atoms with Crippen LogP contribution in [-0.2, 0) is 26.0 Å². The Hall–Kier alpha value is -3.22. The van der Waals surface area contributed by atoms with Gasteiger partial charge in [0.1, 0.15) is 11.3 Å². The van der Waals surface area contributed by atoms with Gasteiger partial charge in [-0.3, -0.25) is 4.79 Å². The summed E-state index contributed by atoms with van der Waals surface area (Å²) in [6.07, 6.45) is 5.82. The molecule has 39 heavy (non-hydrogen) atoms. The molecule has 1 aliphatic rings. The number of carbonyl (C=O) groups excluding carboxylic acids is 1. The minimum Gasteiger partial charge on any atom is -0.486 e. The molecule has 2 N–H and O–H groups in total. The summed E-state index contributed by atoms with van der Waals surface area (Å²) < 4.78 is 39.2. The summed E-state index contributed by atoms with van der Waals surface area (Å²) in [7, 11) is -3.84. The Morgan fingerprint density at radius 2 is 1.95 bits per heavy atom. The van der Waals surface area contributed by atoms with E-state index in [1.807, 2.05) is 42.2 Å². The molecule has 0 radical (unpaired) electrons. The predicted octanol–water partition coefficient (Wildman–Crippen LogP) is 3.98. The number of aromatic nitrogens is 2. The number of benzene rings is 1. The largest absolute Gasteiger partial charge is 0.486 e. The van der Waals surface area contributed by atoms with Crippen molar-refractivity contribution in [3.8, 4) is 11.4 Å². The summed E-state index contributed by atoms with van der Waals surface area (Å²) in [5.74, 6) is 0.190. The lowest BCUT2D eigenvalue weighted by atomic mass is 10.1. The number of unbranched alkanes of at least 4 members (excludes halogenated alkanes) is 2. The second-order valence-corrected chi connectivity index (χ2v) is 12.0. The van der Waals surface area contributed by atoms with Gasteiger partial charge in [0.2, 0.25) is 5.75 Å². The zero-order valence-corrected chi connectivity index (χ0v) is 24.0. The van der Waals surface area contributed by atoms with Gasteiger partial charge in [-0.2, -0.15) is 9.78 Å². The molecule has 11 nitrogen and oxygen atoms in total. The molecule has 1 atom stereocenters. The Kier molecular flexibility index (Phi) is 10.3. The fourth-order valence-corrected chi connectivity index (χ4v) is 5.14. The summed E-state index contributed by atoms with van der Waals surface area (Å²) in [5.41, 5.74) is 1.09. The van der Waals surface area contributed by atoms with E-state index >= 15 is 0 Å². The molecule has 0 bridgehead atoms. The minimum atomic E-state index is -3.84. The van der Waals surface area contributed by atoms with Crippen LogP contribution in [0.2, 0.25) is 0 Å². The molecule has 12 heteroatoms. The maximum Gasteiger partial charge on any atom is 0.453 e.